The lowest BCUT2D eigenvalue weighted by molar-refractivity contribution is 0.0140. The molecule has 2 atom stereocenters. The fourth-order valence-electron chi connectivity index (χ4n) is 2.78. The molecule has 2 heterocycles. The van der Waals surface area contributed by atoms with E-state index >= 15 is 0 Å². The first-order valence-corrected chi connectivity index (χ1v) is 8.41. The Labute approximate surface area is 150 Å². The van der Waals surface area contributed by atoms with Crippen molar-refractivity contribution in [2.75, 3.05) is 19.8 Å². The standard InChI is InChI=1S/C18H19ClN2O4/c19-14-3-6-16(20-9-14)12-1-4-15(5-2-12)25-11-13-10-24-8-7-17(13)21-18(22)23/h1-6,9,13,17,21H,7-8,10-11H2,(H,22,23). The number of aromatic nitrogens is 1. The Hall–Kier alpha value is -2.31. The molecule has 0 bridgehead atoms. The Kier molecular flexibility index (Phi) is 5.73. The van der Waals surface area contributed by atoms with Gasteiger partial charge in [-0.2, -0.15) is 0 Å². The van der Waals surface area contributed by atoms with Gasteiger partial charge in [0, 0.05) is 30.3 Å². The molecule has 0 radical (unpaired) electrons. The Balaban J connectivity index is 1.59. The van der Waals surface area contributed by atoms with Crippen LogP contribution in [0.1, 0.15) is 6.42 Å². The molecular weight excluding hydrogens is 344 g/mol. The molecule has 132 valence electrons. The van der Waals surface area contributed by atoms with Gasteiger partial charge in [0.1, 0.15) is 5.75 Å². The van der Waals surface area contributed by atoms with Gasteiger partial charge < -0.3 is 19.9 Å². The van der Waals surface area contributed by atoms with E-state index in [0.717, 1.165) is 17.0 Å². The van der Waals surface area contributed by atoms with Gasteiger partial charge in [-0.15, -0.1) is 0 Å². The number of carboxylic acid groups (broad SMARTS) is 1. The number of hydrogen-bond acceptors (Lipinski definition) is 4. The van der Waals surface area contributed by atoms with Gasteiger partial charge in [0.25, 0.3) is 0 Å². The van der Waals surface area contributed by atoms with Crippen LogP contribution in [0.3, 0.4) is 0 Å². The molecule has 3 rings (SSSR count). The Bertz CT molecular complexity index is 706. The number of halogens is 1. The predicted molar refractivity (Wildman–Crippen MR) is 94.1 cm³/mol. The van der Waals surface area contributed by atoms with Crippen molar-refractivity contribution < 1.29 is 19.4 Å². The van der Waals surface area contributed by atoms with Crippen LogP contribution < -0.4 is 10.1 Å². The highest BCUT2D eigenvalue weighted by Gasteiger charge is 2.27. The van der Waals surface area contributed by atoms with Gasteiger partial charge in [-0.05, 0) is 42.8 Å². The van der Waals surface area contributed by atoms with Crippen LogP contribution in [-0.4, -0.2) is 42.0 Å². The van der Waals surface area contributed by atoms with Crippen molar-refractivity contribution in [3.8, 4) is 17.0 Å². The fraction of sp³-hybridized carbons (Fsp3) is 0.333. The molecule has 1 amide bonds. The summed E-state index contributed by atoms with van der Waals surface area (Å²) < 4.78 is 11.2. The van der Waals surface area contributed by atoms with Crippen LogP contribution in [0.25, 0.3) is 11.3 Å². The van der Waals surface area contributed by atoms with E-state index in [2.05, 4.69) is 10.3 Å². The number of ether oxygens (including phenoxy) is 2. The third-order valence-corrected chi connectivity index (χ3v) is 4.35. The smallest absolute Gasteiger partial charge is 0.404 e. The van der Waals surface area contributed by atoms with E-state index in [-0.39, 0.29) is 12.0 Å². The highest BCUT2D eigenvalue weighted by molar-refractivity contribution is 6.30. The average molecular weight is 363 g/mol. The quantitative estimate of drug-likeness (QED) is 0.851. The molecule has 25 heavy (non-hydrogen) atoms. The molecule has 2 aromatic rings. The number of hydrogen-bond donors (Lipinski definition) is 2. The highest BCUT2D eigenvalue weighted by atomic mass is 35.5. The predicted octanol–water partition coefficient (Wildman–Crippen LogP) is 3.45. The number of nitrogens with zero attached hydrogens (tertiary/aromatic N) is 1. The minimum absolute atomic E-state index is 0.0116. The minimum atomic E-state index is -1.02. The normalized spacial score (nSPS) is 20.0. The van der Waals surface area contributed by atoms with Gasteiger partial charge in [-0.1, -0.05) is 11.6 Å². The third-order valence-electron chi connectivity index (χ3n) is 4.12. The summed E-state index contributed by atoms with van der Waals surface area (Å²) >= 11 is 5.85. The minimum Gasteiger partial charge on any atom is -0.493 e. The second-order valence-corrected chi connectivity index (χ2v) is 6.31. The lowest BCUT2D eigenvalue weighted by Gasteiger charge is -2.31. The summed E-state index contributed by atoms with van der Waals surface area (Å²) in [6, 6.07) is 11.1. The van der Waals surface area contributed by atoms with Crippen LogP contribution in [0.2, 0.25) is 5.02 Å². The van der Waals surface area contributed by atoms with E-state index < -0.39 is 6.09 Å². The summed E-state index contributed by atoms with van der Waals surface area (Å²) in [4.78, 5) is 15.2. The van der Waals surface area contributed by atoms with Crippen LogP contribution in [-0.2, 0) is 4.74 Å². The first kappa shape index (κ1) is 17.5. The van der Waals surface area contributed by atoms with Crippen LogP contribution in [0, 0.1) is 5.92 Å². The largest absolute Gasteiger partial charge is 0.493 e. The van der Waals surface area contributed by atoms with Crippen LogP contribution in [0.4, 0.5) is 4.79 Å². The number of amides is 1. The summed E-state index contributed by atoms with van der Waals surface area (Å²) in [5.41, 5.74) is 1.80. The Morgan fingerprint density at radius 3 is 2.80 bits per heavy atom. The zero-order chi connectivity index (χ0) is 17.6. The molecule has 1 aliphatic heterocycles. The maximum absolute atomic E-state index is 10.9. The van der Waals surface area contributed by atoms with Crippen LogP contribution in [0.15, 0.2) is 42.6 Å². The molecule has 1 aromatic heterocycles. The number of pyridine rings is 1. The highest BCUT2D eigenvalue weighted by Crippen LogP contribution is 2.23. The first-order chi connectivity index (χ1) is 12.1. The molecule has 0 aliphatic carbocycles. The molecule has 7 heteroatoms. The van der Waals surface area contributed by atoms with Crippen molar-refractivity contribution in [1.82, 2.24) is 10.3 Å². The number of carbonyl (C=O) groups is 1. The maximum Gasteiger partial charge on any atom is 0.404 e. The molecular formula is C18H19ClN2O4. The lowest BCUT2D eigenvalue weighted by Crippen LogP contribution is -2.47. The van der Waals surface area contributed by atoms with E-state index in [9.17, 15) is 4.79 Å². The Morgan fingerprint density at radius 1 is 1.32 bits per heavy atom. The lowest BCUT2D eigenvalue weighted by atomic mass is 9.97. The van der Waals surface area contributed by atoms with E-state index in [1.54, 1.807) is 12.3 Å². The monoisotopic (exact) mass is 362 g/mol. The van der Waals surface area contributed by atoms with E-state index in [0.29, 0.717) is 31.3 Å². The fourth-order valence-corrected chi connectivity index (χ4v) is 2.89. The molecule has 6 nitrogen and oxygen atoms in total. The van der Waals surface area contributed by atoms with Crippen LogP contribution >= 0.6 is 11.6 Å². The maximum atomic E-state index is 10.9. The second-order valence-electron chi connectivity index (χ2n) is 5.88. The number of benzene rings is 1. The zero-order valence-corrected chi connectivity index (χ0v) is 14.3. The SMILES string of the molecule is O=C(O)NC1CCOCC1COc1ccc(-c2ccc(Cl)cn2)cc1. The van der Waals surface area contributed by atoms with Gasteiger partial charge in [0.15, 0.2) is 0 Å². The van der Waals surface area contributed by atoms with Gasteiger partial charge in [-0.25, -0.2) is 4.79 Å². The number of rotatable bonds is 5. The van der Waals surface area contributed by atoms with Crippen LogP contribution in [0.5, 0.6) is 5.75 Å². The van der Waals surface area contributed by atoms with Gasteiger partial charge in [-0.3, -0.25) is 4.98 Å². The molecule has 0 spiro atoms. The van der Waals surface area contributed by atoms with Crippen molar-refractivity contribution in [1.29, 1.82) is 0 Å². The van der Waals surface area contributed by atoms with Crippen molar-refractivity contribution in [2.24, 2.45) is 5.92 Å². The third kappa shape index (κ3) is 4.84. The average Bonchev–Trinajstić information content (AvgIpc) is 2.62. The molecule has 0 saturated carbocycles. The van der Waals surface area contributed by atoms with Gasteiger partial charge in [0.2, 0.25) is 0 Å². The molecule has 1 aliphatic rings. The molecule has 2 N–H and O–H groups in total. The molecule has 1 saturated heterocycles. The zero-order valence-electron chi connectivity index (χ0n) is 13.5. The summed E-state index contributed by atoms with van der Waals surface area (Å²) in [5.74, 6) is 0.708. The van der Waals surface area contributed by atoms with Gasteiger partial charge >= 0.3 is 6.09 Å². The van der Waals surface area contributed by atoms with Crippen molar-refractivity contribution in [3.63, 3.8) is 0 Å². The number of nitrogens with one attached hydrogen (secondary N) is 1. The molecule has 2 unspecified atom stereocenters. The van der Waals surface area contributed by atoms with E-state index in [4.69, 9.17) is 26.2 Å². The van der Waals surface area contributed by atoms with Gasteiger partial charge in [0.05, 0.1) is 23.9 Å². The topological polar surface area (TPSA) is 80.7 Å². The molecule has 1 fully saturated rings. The van der Waals surface area contributed by atoms with E-state index in [1.807, 2.05) is 30.3 Å². The van der Waals surface area contributed by atoms with Crippen molar-refractivity contribution >= 4 is 17.7 Å². The second kappa shape index (κ2) is 8.18. The van der Waals surface area contributed by atoms with Crippen molar-refractivity contribution in [2.45, 2.75) is 12.5 Å². The summed E-state index contributed by atoms with van der Waals surface area (Å²) in [6.45, 7) is 1.44. The molecule has 1 aromatic carbocycles. The van der Waals surface area contributed by atoms with Crippen molar-refractivity contribution in [3.05, 3.63) is 47.6 Å². The summed E-state index contributed by atoms with van der Waals surface area (Å²) in [7, 11) is 0. The van der Waals surface area contributed by atoms with E-state index in [1.165, 1.54) is 0 Å². The Morgan fingerprint density at radius 2 is 2.12 bits per heavy atom. The summed E-state index contributed by atoms with van der Waals surface area (Å²) in [5, 5.41) is 12.1. The summed E-state index contributed by atoms with van der Waals surface area (Å²) in [6.07, 6.45) is 1.25. The first-order valence-electron chi connectivity index (χ1n) is 8.04.